The second kappa shape index (κ2) is 7.48. The summed E-state index contributed by atoms with van der Waals surface area (Å²) in [5.41, 5.74) is 5.03. The molecule has 0 aromatic heterocycles. The van der Waals surface area contributed by atoms with Gasteiger partial charge < -0.3 is 5.73 Å². The average Bonchev–Trinajstić information content (AvgIpc) is 2.55. The molecule has 0 aromatic rings. The van der Waals surface area contributed by atoms with Crippen LogP contribution in [0.5, 0.6) is 0 Å². The van der Waals surface area contributed by atoms with Gasteiger partial charge in [0.1, 0.15) is 0 Å². The van der Waals surface area contributed by atoms with Gasteiger partial charge in [-0.15, -0.1) is 23.5 Å². The van der Waals surface area contributed by atoms with Crippen LogP contribution >= 0.6 is 23.5 Å². The van der Waals surface area contributed by atoms with Gasteiger partial charge in [0.2, 0.25) is 5.91 Å². The summed E-state index contributed by atoms with van der Waals surface area (Å²) in [5.74, 6) is 0.125. The van der Waals surface area contributed by atoms with Crippen molar-refractivity contribution in [3.05, 3.63) is 9.81 Å². The molecular weight excluding hydrogens is 272 g/mol. The van der Waals surface area contributed by atoms with E-state index < -0.39 is 5.91 Å². The molecule has 0 radical (unpaired) electrons. The van der Waals surface area contributed by atoms with Crippen LogP contribution in [0.25, 0.3) is 0 Å². The van der Waals surface area contributed by atoms with Gasteiger partial charge in [0, 0.05) is 12.2 Å². The molecule has 0 fully saturated rings. The summed E-state index contributed by atoms with van der Waals surface area (Å²) in [6.45, 7) is 2.07. The quantitative estimate of drug-likeness (QED) is 0.514. The van der Waals surface area contributed by atoms with Gasteiger partial charge in [-0.1, -0.05) is 13.3 Å². The lowest BCUT2D eigenvalue weighted by atomic mass is 10.4. The molecule has 0 bridgehead atoms. The predicted molar refractivity (Wildman–Crippen MR) is 73.8 cm³/mol. The first kappa shape index (κ1) is 15.1. The van der Waals surface area contributed by atoms with Crippen LogP contribution in [-0.2, 0) is 14.4 Å². The first-order valence-electron chi connectivity index (χ1n) is 5.70. The van der Waals surface area contributed by atoms with Gasteiger partial charge in [-0.3, -0.25) is 19.7 Å². The SMILES string of the molecule is CCCCSC1=C(SCCC(N)=O)C(=O)NC1=O. The minimum atomic E-state index is -0.409. The molecule has 1 heterocycles. The molecule has 0 aromatic carbocycles. The number of hydrogen-bond donors (Lipinski definition) is 2. The van der Waals surface area contributed by atoms with Crippen molar-refractivity contribution < 1.29 is 14.4 Å². The summed E-state index contributed by atoms with van der Waals surface area (Å²) in [7, 11) is 0. The van der Waals surface area contributed by atoms with Crippen molar-refractivity contribution in [2.45, 2.75) is 26.2 Å². The number of thioether (sulfide) groups is 2. The lowest BCUT2D eigenvalue weighted by Gasteiger charge is -2.02. The summed E-state index contributed by atoms with van der Waals surface area (Å²) in [4.78, 5) is 34.7. The molecule has 7 heteroatoms. The molecule has 5 nitrogen and oxygen atoms in total. The first-order valence-corrected chi connectivity index (χ1v) is 7.67. The van der Waals surface area contributed by atoms with Crippen LogP contribution < -0.4 is 11.1 Å². The van der Waals surface area contributed by atoms with Crippen molar-refractivity contribution in [1.29, 1.82) is 0 Å². The minimum absolute atomic E-state index is 0.197. The number of nitrogens with two attached hydrogens (primary N) is 1. The monoisotopic (exact) mass is 288 g/mol. The lowest BCUT2D eigenvalue weighted by Crippen LogP contribution is -2.22. The van der Waals surface area contributed by atoms with E-state index in [0.29, 0.717) is 15.6 Å². The van der Waals surface area contributed by atoms with E-state index in [9.17, 15) is 14.4 Å². The second-order valence-electron chi connectivity index (χ2n) is 3.71. The topological polar surface area (TPSA) is 89.3 Å². The van der Waals surface area contributed by atoms with Gasteiger partial charge in [0.25, 0.3) is 11.8 Å². The molecule has 0 unspecified atom stereocenters. The Labute approximate surface area is 114 Å². The lowest BCUT2D eigenvalue weighted by molar-refractivity contribution is -0.123. The highest BCUT2D eigenvalue weighted by Crippen LogP contribution is 2.32. The summed E-state index contributed by atoms with van der Waals surface area (Å²) < 4.78 is 0. The molecule has 18 heavy (non-hydrogen) atoms. The molecule has 100 valence electrons. The van der Waals surface area contributed by atoms with Crippen molar-refractivity contribution in [2.75, 3.05) is 11.5 Å². The number of nitrogens with one attached hydrogen (secondary N) is 1. The summed E-state index contributed by atoms with van der Waals surface area (Å²) >= 11 is 2.61. The predicted octanol–water partition coefficient (Wildman–Crippen LogP) is 0.996. The van der Waals surface area contributed by atoms with Crippen LogP contribution in [0.2, 0.25) is 0 Å². The summed E-state index contributed by atoms with van der Waals surface area (Å²) in [6.07, 6.45) is 2.23. The Hall–Kier alpha value is -0.950. The number of primary amides is 1. The second-order valence-corrected chi connectivity index (χ2v) is 5.92. The van der Waals surface area contributed by atoms with Crippen molar-refractivity contribution in [2.24, 2.45) is 5.73 Å². The van der Waals surface area contributed by atoms with Gasteiger partial charge >= 0.3 is 0 Å². The third-order valence-corrected chi connectivity index (χ3v) is 4.57. The molecule has 0 spiro atoms. The van der Waals surface area contributed by atoms with E-state index in [0.717, 1.165) is 18.6 Å². The molecule has 0 atom stereocenters. The molecule has 0 saturated carbocycles. The normalized spacial score (nSPS) is 15.2. The zero-order valence-electron chi connectivity index (χ0n) is 10.2. The van der Waals surface area contributed by atoms with Crippen molar-refractivity contribution in [1.82, 2.24) is 5.32 Å². The third-order valence-electron chi connectivity index (χ3n) is 2.18. The van der Waals surface area contributed by atoms with E-state index in [1.54, 1.807) is 0 Å². The highest BCUT2D eigenvalue weighted by Gasteiger charge is 2.30. The standard InChI is InChI=1S/C11H16N2O3S2/c1-2-3-5-17-8-9(11(16)13-10(8)15)18-6-4-7(12)14/h2-6H2,1H3,(H2,12,14)(H,13,15,16). The van der Waals surface area contributed by atoms with Crippen LogP contribution in [-0.4, -0.2) is 29.2 Å². The van der Waals surface area contributed by atoms with Crippen LogP contribution in [0.1, 0.15) is 26.2 Å². The fourth-order valence-corrected chi connectivity index (χ4v) is 3.57. The minimum Gasteiger partial charge on any atom is -0.370 e. The molecule has 1 rings (SSSR count). The van der Waals surface area contributed by atoms with Crippen molar-refractivity contribution in [3.63, 3.8) is 0 Å². The van der Waals surface area contributed by atoms with E-state index in [1.165, 1.54) is 23.5 Å². The Balaban J connectivity index is 2.62. The Morgan fingerprint density at radius 2 is 1.72 bits per heavy atom. The van der Waals surface area contributed by atoms with E-state index in [-0.39, 0.29) is 18.2 Å². The zero-order chi connectivity index (χ0) is 13.5. The largest absolute Gasteiger partial charge is 0.370 e. The highest BCUT2D eigenvalue weighted by molar-refractivity contribution is 8.08. The van der Waals surface area contributed by atoms with E-state index in [4.69, 9.17) is 5.73 Å². The number of carbonyl (C=O) groups excluding carboxylic acids is 3. The average molecular weight is 288 g/mol. The van der Waals surface area contributed by atoms with E-state index in [1.807, 2.05) is 0 Å². The van der Waals surface area contributed by atoms with Crippen LogP contribution in [0.3, 0.4) is 0 Å². The van der Waals surface area contributed by atoms with Crippen molar-refractivity contribution in [3.8, 4) is 0 Å². The van der Waals surface area contributed by atoms with Crippen LogP contribution in [0.15, 0.2) is 9.81 Å². The van der Waals surface area contributed by atoms with Crippen LogP contribution in [0, 0.1) is 0 Å². The summed E-state index contributed by atoms with van der Waals surface area (Å²) in [5, 5.41) is 2.27. The summed E-state index contributed by atoms with van der Waals surface area (Å²) in [6, 6.07) is 0. The van der Waals surface area contributed by atoms with E-state index in [2.05, 4.69) is 12.2 Å². The zero-order valence-corrected chi connectivity index (χ0v) is 11.8. The number of hydrogen-bond acceptors (Lipinski definition) is 5. The number of amides is 3. The molecule has 1 aliphatic rings. The maximum absolute atomic E-state index is 11.6. The molecule has 0 aliphatic carbocycles. The van der Waals surface area contributed by atoms with Gasteiger partial charge in [-0.25, -0.2) is 0 Å². The van der Waals surface area contributed by atoms with Gasteiger partial charge in [0.15, 0.2) is 0 Å². The highest BCUT2D eigenvalue weighted by atomic mass is 32.2. The molecule has 3 N–H and O–H groups in total. The fraction of sp³-hybridized carbons (Fsp3) is 0.545. The smallest absolute Gasteiger partial charge is 0.265 e. The molecular formula is C11H16N2O3S2. The van der Waals surface area contributed by atoms with Gasteiger partial charge in [-0.05, 0) is 12.2 Å². The third kappa shape index (κ3) is 4.38. The van der Waals surface area contributed by atoms with Gasteiger partial charge in [0.05, 0.1) is 9.81 Å². The molecule has 0 saturated heterocycles. The maximum Gasteiger partial charge on any atom is 0.265 e. The number of rotatable bonds is 8. The fourth-order valence-electron chi connectivity index (χ4n) is 1.26. The Morgan fingerprint density at radius 3 is 2.22 bits per heavy atom. The van der Waals surface area contributed by atoms with Crippen LogP contribution in [0.4, 0.5) is 0 Å². The van der Waals surface area contributed by atoms with E-state index >= 15 is 0 Å². The first-order chi connectivity index (χ1) is 8.56. The van der Waals surface area contributed by atoms with Crippen molar-refractivity contribution >= 4 is 41.2 Å². The molecule has 3 amide bonds. The number of carbonyl (C=O) groups is 3. The van der Waals surface area contributed by atoms with Gasteiger partial charge in [-0.2, -0.15) is 0 Å². The molecule has 1 aliphatic heterocycles. The number of imide groups is 1. The number of unbranched alkanes of at least 4 members (excludes halogenated alkanes) is 1. The maximum atomic E-state index is 11.6. The Morgan fingerprint density at radius 1 is 1.17 bits per heavy atom. The Bertz CT molecular complexity index is 394. The Kier molecular flexibility index (Phi) is 6.28.